The number of carboxylic acids is 1. The minimum Gasteiger partial charge on any atom is -0.480 e. The number of hydrogen-bond donors (Lipinski definition) is 1. The summed E-state index contributed by atoms with van der Waals surface area (Å²) >= 11 is 0. The molecule has 18 heavy (non-hydrogen) atoms. The molecule has 0 aromatic carbocycles. The lowest BCUT2D eigenvalue weighted by Gasteiger charge is -2.38. The van der Waals surface area contributed by atoms with Gasteiger partial charge in [-0.3, -0.25) is 9.69 Å². The van der Waals surface area contributed by atoms with Crippen LogP contribution in [0.25, 0.3) is 0 Å². The van der Waals surface area contributed by atoms with Crippen molar-refractivity contribution in [2.45, 2.75) is 58.0 Å². The first-order chi connectivity index (χ1) is 8.49. The predicted molar refractivity (Wildman–Crippen MR) is 69.6 cm³/mol. The highest BCUT2D eigenvalue weighted by molar-refractivity contribution is 5.73. The molecule has 1 saturated carbocycles. The van der Waals surface area contributed by atoms with E-state index in [0.29, 0.717) is 24.7 Å². The number of hydrogen-bond acceptors (Lipinski definition) is 3. The van der Waals surface area contributed by atoms with Gasteiger partial charge in [-0.1, -0.05) is 20.3 Å². The van der Waals surface area contributed by atoms with Crippen LogP contribution in [-0.2, 0) is 9.53 Å². The summed E-state index contributed by atoms with van der Waals surface area (Å²) in [6.45, 7) is 6.42. The Morgan fingerprint density at radius 3 is 2.83 bits per heavy atom. The van der Waals surface area contributed by atoms with Crippen molar-refractivity contribution < 1.29 is 14.6 Å². The van der Waals surface area contributed by atoms with Gasteiger partial charge in [-0.15, -0.1) is 0 Å². The third-order valence-electron chi connectivity index (χ3n) is 4.47. The first-order valence-corrected chi connectivity index (χ1v) is 7.06. The molecule has 0 aromatic heterocycles. The molecule has 0 aromatic rings. The second kappa shape index (κ2) is 5.57. The number of rotatable bonds is 2. The molecule has 1 aliphatic heterocycles. The van der Waals surface area contributed by atoms with Crippen LogP contribution >= 0.6 is 0 Å². The Kier molecular flexibility index (Phi) is 4.28. The highest BCUT2D eigenvalue weighted by Crippen LogP contribution is 2.36. The van der Waals surface area contributed by atoms with E-state index in [1.807, 2.05) is 0 Å². The van der Waals surface area contributed by atoms with E-state index in [1.54, 1.807) is 0 Å². The summed E-state index contributed by atoms with van der Waals surface area (Å²) in [6.07, 6.45) is 5.91. The lowest BCUT2D eigenvalue weighted by molar-refractivity contribution is -0.151. The van der Waals surface area contributed by atoms with E-state index in [9.17, 15) is 9.90 Å². The maximum absolute atomic E-state index is 11.3. The van der Waals surface area contributed by atoms with Crippen LogP contribution < -0.4 is 0 Å². The maximum Gasteiger partial charge on any atom is 0.323 e. The Morgan fingerprint density at radius 2 is 2.11 bits per heavy atom. The van der Waals surface area contributed by atoms with Gasteiger partial charge in [0.1, 0.15) is 6.04 Å². The molecule has 0 amide bonds. The van der Waals surface area contributed by atoms with Gasteiger partial charge in [0.25, 0.3) is 0 Å². The fraction of sp³-hybridized carbons (Fsp3) is 0.929. The highest BCUT2D eigenvalue weighted by atomic mass is 16.5. The van der Waals surface area contributed by atoms with E-state index in [4.69, 9.17) is 4.74 Å². The van der Waals surface area contributed by atoms with Gasteiger partial charge in [-0.05, 0) is 31.1 Å². The lowest BCUT2D eigenvalue weighted by Crippen LogP contribution is -2.54. The van der Waals surface area contributed by atoms with Crippen molar-refractivity contribution in [2.24, 2.45) is 5.41 Å². The summed E-state index contributed by atoms with van der Waals surface area (Å²) in [5, 5.41) is 9.29. The first-order valence-electron chi connectivity index (χ1n) is 7.06. The minimum atomic E-state index is -0.738. The van der Waals surface area contributed by atoms with Gasteiger partial charge >= 0.3 is 5.97 Å². The fourth-order valence-corrected chi connectivity index (χ4v) is 3.24. The van der Waals surface area contributed by atoms with E-state index in [-0.39, 0.29) is 0 Å². The Hall–Kier alpha value is -0.610. The molecule has 2 aliphatic rings. The van der Waals surface area contributed by atoms with Crippen LogP contribution in [0.3, 0.4) is 0 Å². The van der Waals surface area contributed by atoms with Crippen molar-refractivity contribution >= 4 is 5.97 Å². The van der Waals surface area contributed by atoms with Crippen LogP contribution in [-0.4, -0.2) is 47.8 Å². The topological polar surface area (TPSA) is 49.8 Å². The molecule has 0 bridgehead atoms. The summed E-state index contributed by atoms with van der Waals surface area (Å²) in [5.74, 6) is -0.738. The minimum absolute atomic E-state index is 0.342. The molecule has 0 spiro atoms. The molecular weight excluding hydrogens is 230 g/mol. The van der Waals surface area contributed by atoms with E-state index < -0.39 is 12.0 Å². The Labute approximate surface area is 109 Å². The van der Waals surface area contributed by atoms with Gasteiger partial charge in [0.05, 0.1) is 13.2 Å². The molecular formula is C14H25NO3. The van der Waals surface area contributed by atoms with Gasteiger partial charge in [0, 0.05) is 12.6 Å². The van der Waals surface area contributed by atoms with Crippen molar-refractivity contribution in [1.29, 1.82) is 0 Å². The lowest BCUT2D eigenvalue weighted by atomic mass is 9.85. The normalized spacial score (nSPS) is 33.9. The monoisotopic (exact) mass is 255 g/mol. The Balaban J connectivity index is 2.02. The molecule has 104 valence electrons. The average Bonchev–Trinajstić information content (AvgIpc) is 2.50. The van der Waals surface area contributed by atoms with Crippen molar-refractivity contribution in [3.8, 4) is 0 Å². The van der Waals surface area contributed by atoms with Crippen molar-refractivity contribution in [3.63, 3.8) is 0 Å². The largest absolute Gasteiger partial charge is 0.480 e. The highest BCUT2D eigenvalue weighted by Gasteiger charge is 2.36. The molecule has 2 rings (SSSR count). The molecule has 2 unspecified atom stereocenters. The van der Waals surface area contributed by atoms with Gasteiger partial charge in [0.15, 0.2) is 0 Å². The molecule has 4 nitrogen and oxygen atoms in total. The van der Waals surface area contributed by atoms with Crippen LogP contribution in [0.1, 0.15) is 46.0 Å². The number of ether oxygens (including phenoxy) is 1. The van der Waals surface area contributed by atoms with Gasteiger partial charge in [-0.25, -0.2) is 0 Å². The second-order valence-electron chi connectivity index (χ2n) is 6.42. The number of morpholine rings is 1. The molecule has 2 fully saturated rings. The third kappa shape index (κ3) is 3.23. The number of nitrogens with zero attached hydrogens (tertiary/aromatic N) is 1. The van der Waals surface area contributed by atoms with Crippen LogP contribution in [0.15, 0.2) is 0 Å². The summed E-state index contributed by atoms with van der Waals surface area (Å²) in [7, 11) is 0. The van der Waals surface area contributed by atoms with Gasteiger partial charge < -0.3 is 9.84 Å². The zero-order chi connectivity index (χ0) is 13.2. The predicted octanol–water partition coefficient (Wildman–Crippen LogP) is 2.13. The molecule has 0 radical (unpaired) electrons. The zero-order valence-electron chi connectivity index (χ0n) is 11.5. The molecule has 1 N–H and O–H groups in total. The molecule has 4 heteroatoms. The average molecular weight is 255 g/mol. The van der Waals surface area contributed by atoms with Crippen molar-refractivity contribution in [2.75, 3.05) is 19.8 Å². The van der Waals surface area contributed by atoms with E-state index in [1.165, 1.54) is 19.3 Å². The van der Waals surface area contributed by atoms with E-state index in [0.717, 1.165) is 19.4 Å². The molecule has 1 aliphatic carbocycles. The zero-order valence-corrected chi connectivity index (χ0v) is 11.5. The standard InChI is InChI=1S/C14H25NO3/c1-14(2)6-3-4-11(5-7-14)15-8-9-18-10-12(15)13(16)17/h11-12H,3-10H2,1-2H3,(H,16,17). The fourth-order valence-electron chi connectivity index (χ4n) is 3.24. The Bertz CT molecular complexity index is 303. The number of aliphatic carboxylic acids is 1. The quantitative estimate of drug-likeness (QED) is 0.768. The molecule has 1 saturated heterocycles. The van der Waals surface area contributed by atoms with Gasteiger partial charge in [-0.2, -0.15) is 0 Å². The van der Waals surface area contributed by atoms with Crippen molar-refractivity contribution in [1.82, 2.24) is 4.90 Å². The second-order valence-corrected chi connectivity index (χ2v) is 6.42. The van der Waals surface area contributed by atoms with E-state index in [2.05, 4.69) is 18.7 Å². The van der Waals surface area contributed by atoms with Crippen LogP contribution in [0.4, 0.5) is 0 Å². The smallest absolute Gasteiger partial charge is 0.323 e. The summed E-state index contributed by atoms with van der Waals surface area (Å²) in [5.41, 5.74) is 0.416. The van der Waals surface area contributed by atoms with Crippen LogP contribution in [0.5, 0.6) is 0 Å². The SMILES string of the molecule is CC1(C)CCCC(N2CCOCC2C(=O)O)CC1. The van der Waals surface area contributed by atoms with Crippen LogP contribution in [0.2, 0.25) is 0 Å². The number of carboxylic acid groups (broad SMARTS) is 1. The summed E-state index contributed by atoms with van der Waals surface area (Å²) in [6, 6.07) is -0.0123. The first kappa shape index (κ1) is 13.8. The van der Waals surface area contributed by atoms with Crippen molar-refractivity contribution in [3.05, 3.63) is 0 Å². The molecule has 2 atom stereocenters. The molecule has 1 heterocycles. The summed E-state index contributed by atoms with van der Waals surface area (Å²) < 4.78 is 5.31. The summed E-state index contributed by atoms with van der Waals surface area (Å²) in [4.78, 5) is 13.5. The van der Waals surface area contributed by atoms with Crippen LogP contribution in [0, 0.1) is 5.41 Å². The number of carbonyl (C=O) groups is 1. The Morgan fingerprint density at radius 1 is 1.33 bits per heavy atom. The maximum atomic E-state index is 11.3. The van der Waals surface area contributed by atoms with E-state index >= 15 is 0 Å². The third-order valence-corrected chi connectivity index (χ3v) is 4.47. The van der Waals surface area contributed by atoms with Gasteiger partial charge in [0.2, 0.25) is 0 Å².